The first kappa shape index (κ1) is 12.7. The average molecular weight is 248 g/mol. The highest BCUT2D eigenvalue weighted by Gasteiger charge is 2.26. The van der Waals surface area contributed by atoms with E-state index in [1.165, 1.54) is 4.90 Å². The molecule has 2 rings (SSSR count). The highest BCUT2D eigenvalue weighted by atomic mass is 16.5. The Labute approximate surface area is 106 Å². The van der Waals surface area contributed by atoms with Crippen LogP contribution in [0.2, 0.25) is 0 Å². The molecular weight excluding hydrogens is 232 g/mol. The first-order chi connectivity index (χ1) is 8.68. The second-order valence-corrected chi connectivity index (χ2v) is 4.24. The van der Waals surface area contributed by atoms with Gasteiger partial charge in [0.15, 0.2) is 0 Å². The monoisotopic (exact) mass is 248 g/mol. The van der Waals surface area contributed by atoms with Crippen LogP contribution >= 0.6 is 0 Å². The van der Waals surface area contributed by atoms with Gasteiger partial charge < -0.3 is 10.5 Å². The fourth-order valence-electron chi connectivity index (χ4n) is 1.91. The van der Waals surface area contributed by atoms with Crippen LogP contribution in [0.3, 0.4) is 0 Å². The van der Waals surface area contributed by atoms with Gasteiger partial charge in [-0.1, -0.05) is 30.3 Å². The van der Waals surface area contributed by atoms with Crippen molar-refractivity contribution in [2.24, 2.45) is 5.73 Å². The van der Waals surface area contributed by atoms with Crippen LogP contribution in [0.15, 0.2) is 30.3 Å². The molecule has 0 saturated carbocycles. The van der Waals surface area contributed by atoms with E-state index in [-0.39, 0.29) is 31.1 Å². The number of carbonyl (C=O) groups excluding carboxylic acids is 2. The summed E-state index contributed by atoms with van der Waals surface area (Å²) >= 11 is 0. The lowest BCUT2D eigenvalue weighted by atomic mass is 10.0. The van der Waals surface area contributed by atoms with E-state index < -0.39 is 0 Å². The van der Waals surface area contributed by atoms with Crippen molar-refractivity contribution >= 4 is 11.8 Å². The van der Waals surface area contributed by atoms with E-state index in [0.29, 0.717) is 13.0 Å². The maximum absolute atomic E-state index is 11.5. The molecule has 1 saturated heterocycles. The summed E-state index contributed by atoms with van der Waals surface area (Å²) in [5, 5.41) is 0. The van der Waals surface area contributed by atoms with Gasteiger partial charge in [-0.15, -0.1) is 0 Å². The summed E-state index contributed by atoms with van der Waals surface area (Å²) < 4.78 is 4.84. The van der Waals surface area contributed by atoms with Crippen LogP contribution in [-0.4, -0.2) is 36.5 Å². The highest BCUT2D eigenvalue weighted by molar-refractivity contribution is 5.98. The molecule has 96 valence electrons. The van der Waals surface area contributed by atoms with E-state index in [1.54, 1.807) is 0 Å². The largest absolute Gasteiger partial charge is 0.362 e. The molecule has 1 aliphatic heterocycles. The number of morpholine rings is 1. The van der Waals surface area contributed by atoms with Crippen LogP contribution in [0, 0.1) is 0 Å². The fraction of sp³-hybridized carbons (Fsp3) is 0.385. The van der Waals surface area contributed by atoms with Crippen molar-refractivity contribution in [1.82, 2.24) is 4.90 Å². The molecule has 2 N–H and O–H groups in total. The van der Waals surface area contributed by atoms with Crippen molar-refractivity contribution in [3.05, 3.63) is 35.9 Å². The average Bonchev–Trinajstić information content (AvgIpc) is 2.39. The topological polar surface area (TPSA) is 72.6 Å². The molecule has 1 unspecified atom stereocenters. The van der Waals surface area contributed by atoms with E-state index in [2.05, 4.69) is 0 Å². The standard InChI is InChI=1S/C13H16N2O3/c14-11(10-4-2-1-3-5-10)6-7-15-12(16)8-18-9-13(15)17/h1-5,11H,6-9,14H2. The number of rotatable bonds is 4. The number of carbonyl (C=O) groups is 2. The van der Waals surface area contributed by atoms with Gasteiger partial charge in [0.05, 0.1) is 0 Å². The second-order valence-electron chi connectivity index (χ2n) is 4.24. The first-order valence-electron chi connectivity index (χ1n) is 5.90. The molecule has 0 spiro atoms. The Balaban J connectivity index is 1.91. The molecule has 5 nitrogen and oxygen atoms in total. The summed E-state index contributed by atoms with van der Waals surface area (Å²) in [6, 6.07) is 9.46. The van der Waals surface area contributed by atoms with Crippen LogP contribution in [0.4, 0.5) is 0 Å². The van der Waals surface area contributed by atoms with Crippen LogP contribution in [0.1, 0.15) is 18.0 Å². The Kier molecular flexibility index (Phi) is 4.07. The number of benzene rings is 1. The van der Waals surface area contributed by atoms with Crippen LogP contribution in [0.25, 0.3) is 0 Å². The summed E-state index contributed by atoms with van der Waals surface area (Å²) in [6.45, 7) is 0.301. The van der Waals surface area contributed by atoms with Gasteiger partial charge in [-0.2, -0.15) is 0 Å². The predicted molar refractivity (Wildman–Crippen MR) is 65.5 cm³/mol. The third-order valence-electron chi connectivity index (χ3n) is 2.94. The Bertz CT molecular complexity index is 417. The van der Waals surface area contributed by atoms with Crippen LogP contribution in [-0.2, 0) is 14.3 Å². The number of hydrogen-bond acceptors (Lipinski definition) is 4. The first-order valence-corrected chi connectivity index (χ1v) is 5.90. The van der Waals surface area contributed by atoms with Crippen molar-refractivity contribution in [2.75, 3.05) is 19.8 Å². The van der Waals surface area contributed by atoms with Crippen molar-refractivity contribution < 1.29 is 14.3 Å². The van der Waals surface area contributed by atoms with Crippen molar-refractivity contribution in [3.63, 3.8) is 0 Å². The van der Waals surface area contributed by atoms with Gasteiger partial charge in [0.2, 0.25) is 0 Å². The van der Waals surface area contributed by atoms with Crippen LogP contribution in [0.5, 0.6) is 0 Å². The molecule has 1 atom stereocenters. The third kappa shape index (κ3) is 2.94. The molecule has 1 aromatic carbocycles. The minimum atomic E-state index is -0.286. The highest BCUT2D eigenvalue weighted by Crippen LogP contribution is 2.14. The summed E-state index contributed by atoms with van der Waals surface area (Å²) in [5.74, 6) is -0.571. The Hall–Kier alpha value is -1.72. The summed E-state index contributed by atoms with van der Waals surface area (Å²) in [6.07, 6.45) is 0.557. The van der Waals surface area contributed by atoms with Crippen molar-refractivity contribution in [2.45, 2.75) is 12.5 Å². The molecular formula is C13H16N2O3. The molecule has 1 aromatic rings. The Morgan fingerprint density at radius 3 is 2.39 bits per heavy atom. The number of hydrogen-bond donors (Lipinski definition) is 1. The van der Waals surface area contributed by atoms with Crippen molar-refractivity contribution in [1.29, 1.82) is 0 Å². The maximum Gasteiger partial charge on any atom is 0.255 e. The maximum atomic E-state index is 11.5. The normalized spacial score (nSPS) is 17.9. The van der Waals surface area contributed by atoms with Gasteiger partial charge in [-0.25, -0.2) is 0 Å². The van der Waals surface area contributed by atoms with Gasteiger partial charge in [-0.3, -0.25) is 14.5 Å². The quantitative estimate of drug-likeness (QED) is 0.786. The lowest BCUT2D eigenvalue weighted by molar-refractivity contribution is -0.158. The number of nitrogens with two attached hydrogens (primary N) is 1. The Morgan fingerprint density at radius 2 is 1.78 bits per heavy atom. The molecule has 18 heavy (non-hydrogen) atoms. The van der Waals surface area contributed by atoms with Gasteiger partial charge in [0, 0.05) is 12.6 Å². The van der Waals surface area contributed by atoms with Gasteiger partial charge >= 0.3 is 0 Å². The number of nitrogens with zero attached hydrogens (tertiary/aromatic N) is 1. The van der Waals surface area contributed by atoms with Crippen molar-refractivity contribution in [3.8, 4) is 0 Å². The molecule has 1 fully saturated rings. The van der Waals surface area contributed by atoms with Gasteiger partial charge in [0.25, 0.3) is 11.8 Å². The molecule has 1 aliphatic rings. The number of amides is 2. The lowest BCUT2D eigenvalue weighted by Crippen LogP contribution is -2.47. The smallest absolute Gasteiger partial charge is 0.255 e. The van der Waals surface area contributed by atoms with E-state index in [1.807, 2.05) is 30.3 Å². The van der Waals surface area contributed by atoms with Crippen LogP contribution < -0.4 is 5.73 Å². The van der Waals surface area contributed by atoms with E-state index in [9.17, 15) is 9.59 Å². The minimum absolute atomic E-state index is 0.0215. The third-order valence-corrected chi connectivity index (χ3v) is 2.94. The van der Waals surface area contributed by atoms with E-state index in [0.717, 1.165) is 5.56 Å². The molecule has 5 heteroatoms. The van der Waals surface area contributed by atoms with E-state index >= 15 is 0 Å². The molecule has 0 aliphatic carbocycles. The molecule has 1 heterocycles. The zero-order chi connectivity index (χ0) is 13.0. The second kappa shape index (κ2) is 5.75. The summed E-state index contributed by atoms with van der Waals surface area (Å²) in [5.41, 5.74) is 7.03. The molecule has 0 bridgehead atoms. The van der Waals surface area contributed by atoms with Gasteiger partial charge in [-0.05, 0) is 12.0 Å². The fourth-order valence-corrected chi connectivity index (χ4v) is 1.91. The SMILES string of the molecule is NC(CCN1C(=O)COCC1=O)c1ccccc1. The predicted octanol–water partition coefficient (Wildman–Crippen LogP) is 0.462. The zero-order valence-corrected chi connectivity index (χ0v) is 10.0. The Morgan fingerprint density at radius 1 is 1.17 bits per heavy atom. The molecule has 0 radical (unpaired) electrons. The lowest BCUT2D eigenvalue weighted by Gasteiger charge is -2.26. The number of ether oxygens (including phenoxy) is 1. The summed E-state index contributed by atoms with van der Waals surface area (Å²) in [7, 11) is 0. The van der Waals surface area contributed by atoms with Gasteiger partial charge in [0.1, 0.15) is 13.2 Å². The molecule has 2 amide bonds. The summed E-state index contributed by atoms with van der Waals surface area (Å²) in [4.78, 5) is 24.2. The molecule has 0 aromatic heterocycles. The van der Waals surface area contributed by atoms with E-state index in [4.69, 9.17) is 10.5 Å². The number of imide groups is 1. The minimum Gasteiger partial charge on any atom is -0.362 e. The zero-order valence-electron chi connectivity index (χ0n) is 10.0.